The van der Waals surface area contributed by atoms with Gasteiger partial charge in [0.15, 0.2) is 0 Å². The second kappa shape index (κ2) is 5.89. The minimum Gasteiger partial charge on any atom is -0.492 e. The number of hydrogen-bond donors (Lipinski definition) is 1. The molecule has 0 amide bonds. The SMILES string of the molecule is Cc1nn(CCOc2cccc(CN)c2)cc1Cl. The van der Waals surface area contributed by atoms with Crippen molar-refractivity contribution < 1.29 is 4.74 Å². The zero-order chi connectivity index (χ0) is 13.0. The number of benzene rings is 1. The van der Waals surface area contributed by atoms with Gasteiger partial charge in [-0.1, -0.05) is 23.7 Å². The molecule has 0 spiro atoms. The first kappa shape index (κ1) is 12.9. The molecule has 96 valence electrons. The normalized spacial score (nSPS) is 10.6. The van der Waals surface area contributed by atoms with E-state index < -0.39 is 0 Å². The highest BCUT2D eigenvalue weighted by molar-refractivity contribution is 6.31. The molecule has 0 bridgehead atoms. The van der Waals surface area contributed by atoms with Gasteiger partial charge in [0, 0.05) is 12.7 Å². The topological polar surface area (TPSA) is 53.1 Å². The quantitative estimate of drug-likeness (QED) is 0.903. The van der Waals surface area contributed by atoms with Crippen molar-refractivity contribution in [2.45, 2.75) is 20.0 Å². The van der Waals surface area contributed by atoms with Gasteiger partial charge in [0.25, 0.3) is 0 Å². The van der Waals surface area contributed by atoms with Crippen LogP contribution in [-0.2, 0) is 13.1 Å². The van der Waals surface area contributed by atoms with Gasteiger partial charge in [-0.15, -0.1) is 0 Å². The molecule has 2 aromatic rings. The van der Waals surface area contributed by atoms with E-state index >= 15 is 0 Å². The van der Waals surface area contributed by atoms with Crippen LogP contribution in [0.4, 0.5) is 0 Å². The first-order valence-electron chi connectivity index (χ1n) is 5.80. The molecule has 0 saturated carbocycles. The Hall–Kier alpha value is -1.52. The van der Waals surface area contributed by atoms with Crippen molar-refractivity contribution in [2.24, 2.45) is 5.73 Å². The van der Waals surface area contributed by atoms with Crippen molar-refractivity contribution in [3.05, 3.63) is 46.7 Å². The Kier molecular flexibility index (Phi) is 4.23. The Balaban J connectivity index is 1.88. The second-order valence-electron chi connectivity index (χ2n) is 4.03. The van der Waals surface area contributed by atoms with Gasteiger partial charge in [-0.05, 0) is 24.6 Å². The van der Waals surface area contributed by atoms with Crippen LogP contribution in [0, 0.1) is 6.92 Å². The van der Waals surface area contributed by atoms with E-state index in [4.69, 9.17) is 22.1 Å². The second-order valence-corrected chi connectivity index (χ2v) is 4.43. The van der Waals surface area contributed by atoms with Crippen molar-refractivity contribution >= 4 is 11.6 Å². The summed E-state index contributed by atoms with van der Waals surface area (Å²) in [5.74, 6) is 0.827. The number of hydrogen-bond acceptors (Lipinski definition) is 3. The molecule has 1 aromatic heterocycles. The van der Waals surface area contributed by atoms with Gasteiger partial charge in [-0.3, -0.25) is 4.68 Å². The fraction of sp³-hybridized carbons (Fsp3) is 0.308. The Morgan fingerprint density at radius 1 is 1.44 bits per heavy atom. The summed E-state index contributed by atoms with van der Waals surface area (Å²) in [6.07, 6.45) is 1.80. The number of nitrogens with two attached hydrogens (primary N) is 1. The predicted molar refractivity (Wildman–Crippen MR) is 71.8 cm³/mol. The maximum Gasteiger partial charge on any atom is 0.119 e. The molecule has 4 nitrogen and oxygen atoms in total. The van der Waals surface area contributed by atoms with Crippen molar-refractivity contribution in [3.8, 4) is 5.75 Å². The average Bonchev–Trinajstić information content (AvgIpc) is 2.69. The maximum absolute atomic E-state index is 5.93. The van der Waals surface area contributed by atoms with E-state index in [1.165, 1.54) is 0 Å². The lowest BCUT2D eigenvalue weighted by Gasteiger charge is -2.07. The van der Waals surface area contributed by atoms with Gasteiger partial charge in [-0.25, -0.2) is 0 Å². The fourth-order valence-corrected chi connectivity index (χ4v) is 1.78. The van der Waals surface area contributed by atoms with Gasteiger partial charge < -0.3 is 10.5 Å². The fourth-order valence-electron chi connectivity index (χ4n) is 1.63. The molecule has 0 radical (unpaired) electrons. The van der Waals surface area contributed by atoms with Crippen molar-refractivity contribution in [2.75, 3.05) is 6.61 Å². The molecule has 0 atom stereocenters. The van der Waals surface area contributed by atoms with Gasteiger partial charge in [0.2, 0.25) is 0 Å². The van der Waals surface area contributed by atoms with E-state index in [2.05, 4.69) is 5.10 Å². The summed E-state index contributed by atoms with van der Waals surface area (Å²) in [4.78, 5) is 0. The van der Waals surface area contributed by atoms with Gasteiger partial charge in [0.1, 0.15) is 12.4 Å². The van der Waals surface area contributed by atoms with Crippen molar-refractivity contribution in [3.63, 3.8) is 0 Å². The summed E-state index contributed by atoms with van der Waals surface area (Å²) in [6, 6.07) is 7.78. The average molecular weight is 266 g/mol. The third-order valence-corrected chi connectivity index (χ3v) is 2.98. The van der Waals surface area contributed by atoms with Gasteiger partial charge in [0.05, 0.1) is 17.3 Å². The van der Waals surface area contributed by atoms with Crippen LogP contribution in [0.15, 0.2) is 30.5 Å². The summed E-state index contributed by atoms with van der Waals surface area (Å²) < 4.78 is 7.42. The number of aromatic nitrogens is 2. The van der Waals surface area contributed by atoms with Crippen LogP contribution < -0.4 is 10.5 Å². The van der Waals surface area contributed by atoms with Crippen LogP contribution in [0.25, 0.3) is 0 Å². The summed E-state index contributed by atoms with van der Waals surface area (Å²) >= 11 is 5.93. The smallest absolute Gasteiger partial charge is 0.119 e. The predicted octanol–water partition coefficient (Wildman–Crippen LogP) is 2.38. The number of aryl methyl sites for hydroxylation is 1. The van der Waals surface area contributed by atoms with Crippen LogP contribution in [0.1, 0.15) is 11.3 Å². The van der Waals surface area contributed by atoms with E-state index in [1.54, 1.807) is 10.9 Å². The molecule has 0 saturated heterocycles. The lowest BCUT2D eigenvalue weighted by Crippen LogP contribution is -2.09. The summed E-state index contributed by atoms with van der Waals surface area (Å²) in [5, 5.41) is 4.94. The molecule has 0 fully saturated rings. The van der Waals surface area contributed by atoms with Crippen molar-refractivity contribution in [1.29, 1.82) is 0 Å². The highest BCUT2D eigenvalue weighted by Gasteiger charge is 2.02. The molecule has 1 aromatic carbocycles. The zero-order valence-corrected chi connectivity index (χ0v) is 11.0. The Morgan fingerprint density at radius 2 is 2.28 bits per heavy atom. The minimum atomic E-state index is 0.519. The molecule has 0 aliphatic rings. The monoisotopic (exact) mass is 265 g/mol. The molecule has 18 heavy (non-hydrogen) atoms. The Morgan fingerprint density at radius 3 is 2.94 bits per heavy atom. The highest BCUT2D eigenvalue weighted by Crippen LogP contribution is 2.14. The van der Waals surface area contributed by atoms with E-state index in [9.17, 15) is 0 Å². The van der Waals surface area contributed by atoms with Crippen LogP contribution in [0.5, 0.6) is 5.75 Å². The molecule has 2 rings (SSSR count). The lowest BCUT2D eigenvalue weighted by atomic mass is 10.2. The lowest BCUT2D eigenvalue weighted by molar-refractivity contribution is 0.291. The van der Waals surface area contributed by atoms with Crippen molar-refractivity contribution in [1.82, 2.24) is 9.78 Å². The molecule has 2 N–H and O–H groups in total. The van der Waals surface area contributed by atoms with E-state index in [1.807, 2.05) is 31.2 Å². The molecular formula is C13H16ClN3O. The molecule has 0 unspecified atom stereocenters. The number of halogens is 1. The maximum atomic E-state index is 5.93. The molecule has 0 aliphatic carbocycles. The minimum absolute atomic E-state index is 0.519. The largest absolute Gasteiger partial charge is 0.492 e. The zero-order valence-electron chi connectivity index (χ0n) is 10.3. The van der Waals surface area contributed by atoms with Crippen LogP contribution in [0.2, 0.25) is 5.02 Å². The van der Waals surface area contributed by atoms with E-state index in [-0.39, 0.29) is 0 Å². The molecule has 1 heterocycles. The van der Waals surface area contributed by atoms with E-state index in [0.717, 1.165) is 17.0 Å². The van der Waals surface area contributed by atoms with Gasteiger partial charge >= 0.3 is 0 Å². The first-order valence-corrected chi connectivity index (χ1v) is 6.18. The number of rotatable bonds is 5. The number of nitrogens with zero attached hydrogens (tertiary/aromatic N) is 2. The first-order chi connectivity index (χ1) is 8.69. The summed E-state index contributed by atoms with van der Waals surface area (Å²) in [5.41, 5.74) is 7.47. The summed E-state index contributed by atoms with van der Waals surface area (Å²) in [6.45, 7) is 3.61. The van der Waals surface area contributed by atoms with E-state index in [0.29, 0.717) is 24.7 Å². The Labute approximate surface area is 111 Å². The molecule has 0 aliphatic heterocycles. The van der Waals surface area contributed by atoms with Crippen LogP contribution in [-0.4, -0.2) is 16.4 Å². The highest BCUT2D eigenvalue weighted by atomic mass is 35.5. The third kappa shape index (κ3) is 3.24. The molecule has 5 heteroatoms. The molecular weight excluding hydrogens is 250 g/mol. The van der Waals surface area contributed by atoms with Crippen LogP contribution in [0.3, 0.4) is 0 Å². The standard InChI is InChI=1S/C13H16ClN3O/c1-10-13(14)9-17(16-10)5-6-18-12-4-2-3-11(7-12)8-15/h2-4,7,9H,5-6,8,15H2,1H3. The summed E-state index contributed by atoms with van der Waals surface area (Å²) in [7, 11) is 0. The number of ether oxygens (including phenoxy) is 1. The third-order valence-electron chi connectivity index (χ3n) is 2.61. The van der Waals surface area contributed by atoms with Crippen LogP contribution >= 0.6 is 11.6 Å². The Bertz CT molecular complexity index is 505. The van der Waals surface area contributed by atoms with Gasteiger partial charge in [-0.2, -0.15) is 5.10 Å².